The zero-order valence-corrected chi connectivity index (χ0v) is 28.8. The topological polar surface area (TPSA) is 62.8 Å². The molecule has 0 saturated heterocycles. The Morgan fingerprint density at radius 3 is 2.48 bits per heavy atom. The number of hydrogen-bond donors (Lipinski definition) is 1. The average Bonchev–Trinajstić information content (AvgIpc) is 3.60. The normalized spacial score (nSPS) is 20.5. The first-order valence-corrected chi connectivity index (χ1v) is 18.0. The van der Waals surface area contributed by atoms with Gasteiger partial charge in [-0.05, 0) is 88.9 Å². The fourth-order valence-electron chi connectivity index (χ4n) is 6.79. The minimum atomic E-state index is -0.254. The summed E-state index contributed by atoms with van der Waals surface area (Å²) in [6, 6.07) is 23.4. The smallest absolute Gasteiger partial charge is 0.226 e. The first-order chi connectivity index (χ1) is 24.6. The van der Waals surface area contributed by atoms with Crippen LogP contribution in [0.1, 0.15) is 70.0 Å². The second kappa shape index (κ2) is 14.2. The number of amidine groups is 2. The SMILES string of the molecule is CCC(C)/C=C\CC1=C=CC(C2=NC(C3C=CC(c4nc5cc6c(cc5o4)=CCCC=6)=CC3)=NC(c3ccc(-c4ccccc4)cc3)N2)=CC1. The molecule has 5 heteroatoms. The molecule has 1 aromatic heterocycles. The van der Waals surface area contributed by atoms with Gasteiger partial charge in [0.2, 0.25) is 5.89 Å². The highest BCUT2D eigenvalue weighted by Crippen LogP contribution is 2.31. The van der Waals surface area contributed by atoms with Crippen molar-refractivity contribution >= 4 is 40.5 Å². The van der Waals surface area contributed by atoms with Gasteiger partial charge in [-0.1, -0.05) is 123 Å². The van der Waals surface area contributed by atoms with E-state index in [-0.39, 0.29) is 12.1 Å². The lowest BCUT2D eigenvalue weighted by atomic mass is 9.94. The van der Waals surface area contributed by atoms with E-state index < -0.39 is 0 Å². The molecule has 1 N–H and O–H groups in total. The quantitative estimate of drug-likeness (QED) is 0.145. The van der Waals surface area contributed by atoms with Gasteiger partial charge < -0.3 is 9.73 Å². The van der Waals surface area contributed by atoms with E-state index in [0.717, 1.165) is 78.0 Å². The molecule has 3 aromatic carbocycles. The lowest BCUT2D eigenvalue weighted by molar-refractivity contribution is 0.584. The van der Waals surface area contributed by atoms with Gasteiger partial charge in [-0.25, -0.2) is 15.0 Å². The molecule has 0 amide bonds. The first kappa shape index (κ1) is 31.7. The molecule has 4 aromatic rings. The van der Waals surface area contributed by atoms with Crippen molar-refractivity contribution in [3.05, 3.63) is 148 Å². The van der Waals surface area contributed by atoms with Crippen molar-refractivity contribution in [3.8, 4) is 11.1 Å². The minimum Gasteiger partial charge on any atom is -0.436 e. The molecule has 3 unspecified atom stereocenters. The van der Waals surface area contributed by atoms with Crippen molar-refractivity contribution in [2.75, 3.05) is 0 Å². The zero-order chi connectivity index (χ0) is 33.9. The molecule has 0 fully saturated rings. The van der Waals surface area contributed by atoms with E-state index in [0.29, 0.717) is 11.8 Å². The van der Waals surface area contributed by atoms with Crippen molar-refractivity contribution in [1.29, 1.82) is 0 Å². The third-order valence-electron chi connectivity index (χ3n) is 10.0. The second-order valence-electron chi connectivity index (χ2n) is 13.6. The van der Waals surface area contributed by atoms with E-state index in [1.807, 2.05) is 6.07 Å². The van der Waals surface area contributed by atoms with E-state index in [1.165, 1.54) is 27.1 Å². The molecule has 248 valence electrons. The maximum Gasteiger partial charge on any atom is 0.226 e. The van der Waals surface area contributed by atoms with E-state index >= 15 is 0 Å². The summed E-state index contributed by atoms with van der Waals surface area (Å²) < 4.78 is 6.26. The minimum absolute atomic E-state index is 0.0350. The number of nitrogens with one attached hydrogen (secondary N) is 1. The van der Waals surface area contributed by atoms with Crippen LogP contribution in [0.15, 0.2) is 141 Å². The van der Waals surface area contributed by atoms with Gasteiger partial charge in [-0.2, -0.15) is 0 Å². The van der Waals surface area contributed by atoms with Crippen LogP contribution in [0.4, 0.5) is 0 Å². The molecule has 0 saturated carbocycles. The first-order valence-electron chi connectivity index (χ1n) is 18.0. The van der Waals surface area contributed by atoms with Gasteiger partial charge in [-0.15, -0.1) is 5.73 Å². The Bertz CT molecular complexity index is 2250. The summed E-state index contributed by atoms with van der Waals surface area (Å²) in [4.78, 5) is 15.2. The van der Waals surface area contributed by atoms with E-state index in [4.69, 9.17) is 19.4 Å². The van der Waals surface area contributed by atoms with Crippen molar-refractivity contribution in [1.82, 2.24) is 10.3 Å². The second-order valence-corrected chi connectivity index (χ2v) is 13.6. The number of oxazole rings is 1. The Balaban J connectivity index is 1.06. The van der Waals surface area contributed by atoms with Crippen molar-refractivity contribution in [2.24, 2.45) is 21.8 Å². The standard InChI is InChI=1S/C45H42N4O/c1-3-30(2)10-9-11-31-16-18-34(19-17-31)42-47-43(35-22-20-33(21-23-35)32-12-5-4-6-13-32)49-44(48-42)36-24-26-37(27-25-36)45-46-40-28-38-14-7-8-15-39(38)29-41(40)50-45/h4-6,9-10,12-15,18-24,26-30,36,43H,3,7-8,11,16,25H2,1-2H3,(H,47,48,49)/b10-9-. The highest BCUT2D eigenvalue weighted by atomic mass is 16.3. The summed E-state index contributed by atoms with van der Waals surface area (Å²) in [7, 11) is 0. The lowest BCUT2D eigenvalue weighted by Crippen LogP contribution is -2.35. The molecule has 3 atom stereocenters. The van der Waals surface area contributed by atoms with Crippen LogP contribution in [0.5, 0.6) is 0 Å². The average molecular weight is 655 g/mol. The van der Waals surface area contributed by atoms with E-state index in [9.17, 15) is 0 Å². The number of allylic oxidation sites excluding steroid dienone is 6. The summed E-state index contributed by atoms with van der Waals surface area (Å²) in [5.74, 6) is 2.95. The molecule has 2 heterocycles. The molecule has 4 aliphatic rings. The van der Waals surface area contributed by atoms with Crippen LogP contribution in [0.3, 0.4) is 0 Å². The van der Waals surface area contributed by atoms with Crippen LogP contribution in [-0.2, 0) is 0 Å². The Kier molecular flexibility index (Phi) is 8.98. The zero-order valence-electron chi connectivity index (χ0n) is 28.8. The van der Waals surface area contributed by atoms with Crippen LogP contribution in [0, 0.1) is 11.8 Å². The molecule has 0 bridgehead atoms. The Hall–Kier alpha value is -5.51. The molecule has 1 aliphatic heterocycles. The van der Waals surface area contributed by atoms with Crippen LogP contribution >= 0.6 is 0 Å². The van der Waals surface area contributed by atoms with E-state index in [1.54, 1.807) is 0 Å². The molecule has 3 aliphatic carbocycles. The summed E-state index contributed by atoms with van der Waals surface area (Å²) in [5.41, 5.74) is 12.1. The Morgan fingerprint density at radius 1 is 0.940 bits per heavy atom. The summed E-state index contributed by atoms with van der Waals surface area (Å²) in [6.45, 7) is 4.48. The monoisotopic (exact) mass is 654 g/mol. The van der Waals surface area contributed by atoms with Gasteiger partial charge in [0, 0.05) is 17.1 Å². The molecule has 8 rings (SSSR count). The highest BCUT2D eigenvalue weighted by molar-refractivity contribution is 6.10. The number of rotatable bonds is 9. The fraction of sp³-hybridized carbons (Fsp3) is 0.244. The number of hydrogen-bond acceptors (Lipinski definition) is 5. The predicted molar refractivity (Wildman–Crippen MR) is 207 cm³/mol. The number of aromatic nitrogens is 1. The van der Waals surface area contributed by atoms with Crippen LogP contribution in [-0.4, -0.2) is 16.7 Å². The van der Waals surface area contributed by atoms with Gasteiger partial charge in [0.05, 0.1) is 0 Å². The maximum atomic E-state index is 6.26. The van der Waals surface area contributed by atoms with E-state index in [2.05, 4.69) is 140 Å². The van der Waals surface area contributed by atoms with Crippen LogP contribution in [0.25, 0.3) is 40.0 Å². The molecule has 0 spiro atoms. The molecular weight excluding hydrogens is 613 g/mol. The van der Waals surface area contributed by atoms with Crippen molar-refractivity contribution in [2.45, 2.75) is 58.5 Å². The van der Waals surface area contributed by atoms with Gasteiger partial charge >= 0.3 is 0 Å². The largest absolute Gasteiger partial charge is 0.436 e. The van der Waals surface area contributed by atoms with Crippen LogP contribution in [0.2, 0.25) is 0 Å². The molecule has 5 nitrogen and oxygen atoms in total. The van der Waals surface area contributed by atoms with Gasteiger partial charge in [-0.3, -0.25) is 0 Å². The van der Waals surface area contributed by atoms with Crippen molar-refractivity contribution < 1.29 is 4.42 Å². The molecular formula is C45H42N4O. The summed E-state index contributed by atoms with van der Waals surface area (Å²) >= 11 is 0. The number of benzene rings is 3. The number of fused-ring (bicyclic) bond motifs is 2. The van der Waals surface area contributed by atoms with Crippen LogP contribution < -0.4 is 15.8 Å². The molecule has 50 heavy (non-hydrogen) atoms. The van der Waals surface area contributed by atoms with Gasteiger partial charge in [0.1, 0.15) is 23.4 Å². The lowest BCUT2D eigenvalue weighted by Gasteiger charge is -2.27. The number of nitrogens with zero attached hydrogens (tertiary/aromatic N) is 3. The Labute approximate surface area is 294 Å². The Morgan fingerprint density at radius 2 is 1.74 bits per heavy atom. The maximum absolute atomic E-state index is 6.26. The highest BCUT2D eigenvalue weighted by Gasteiger charge is 2.26. The fourth-order valence-corrected chi connectivity index (χ4v) is 6.79. The van der Waals surface area contributed by atoms with Gasteiger partial charge in [0.25, 0.3) is 0 Å². The van der Waals surface area contributed by atoms with Gasteiger partial charge in [0.15, 0.2) is 5.58 Å². The summed E-state index contributed by atoms with van der Waals surface area (Å²) in [6.07, 6.45) is 25.6. The summed E-state index contributed by atoms with van der Waals surface area (Å²) in [5, 5.41) is 6.12. The van der Waals surface area contributed by atoms with Crippen molar-refractivity contribution in [3.63, 3.8) is 0 Å². The third-order valence-corrected chi connectivity index (χ3v) is 10.0. The number of aliphatic imine (C=N–C) groups is 2. The molecule has 0 radical (unpaired) electrons. The predicted octanol–water partition coefficient (Wildman–Crippen LogP) is 9.31. The third kappa shape index (κ3) is 6.83.